The molecule has 1 fully saturated rings. The summed E-state index contributed by atoms with van der Waals surface area (Å²) in [6.45, 7) is 8.25. The lowest BCUT2D eigenvalue weighted by molar-refractivity contribution is -0.137. The molecule has 1 saturated heterocycles. The van der Waals surface area contributed by atoms with Crippen LogP contribution in [-0.4, -0.2) is 47.2 Å². The molecular weight excluding hydrogens is 678 g/mol. The van der Waals surface area contributed by atoms with Gasteiger partial charge in [-0.15, -0.1) is 0 Å². The highest BCUT2D eigenvalue weighted by Gasteiger charge is 2.18. The van der Waals surface area contributed by atoms with Crippen molar-refractivity contribution in [2.45, 2.75) is 52.9 Å². The molecule has 1 aliphatic rings. The molecule has 1 atom stereocenters. The minimum absolute atomic E-state index is 0.0778. The second-order valence-electron chi connectivity index (χ2n) is 13.0. The van der Waals surface area contributed by atoms with E-state index in [9.17, 15) is 10.1 Å². The van der Waals surface area contributed by atoms with Gasteiger partial charge >= 0.3 is 5.97 Å². The first-order valence-electron chi connectivity index (χ1n) is 17.4. The molecule has 1 aliphatic heterocycles. The summed E-state index contributed by atoms with van der Waals surface area (Å²) in [5, 5.41) is 27.0. The van der Waals surface area contributed by atoms with Gasteiger partial charge in [-0.3, -0.25) is 9.78 Å². The van der Waals surface area contributed by atoms with E-state index in [1.807, 2.05) is 30.5 Å². The van der Waals surface area contributed by atoms with Crippen LogP contribution < -0.4 is 31.7 Å². The number of nitrogens with two attached hydrogens (primary N) is 2. The molecule has 7 N–H and O–H groups in total. The van der Waals surface area contributed by atoms with E-state index in [4.69, 9.17) is 37.8 Å². The van der Waals surface area contributed by atoms with Crippen molar-refractivity contribution in [3.8, 4) is 28.7 Å². The number of aromatic nitrogens is 1. The fourth-order valence-corrected chi connectivity index (χ4v) is 6.57. The third kappa shape index (κ3) is 10.2. The van der Waals surface area contributed by atoms with Gasteiger partial charge in [0.1, 0.15) is 30.8 Å². The van der Waals surface area contributed by atoms with E-state index in [0.29, 0.717) is 53.2 Å². The molecule has 4 aromatic rings. The molecule has 3 aromatic carbocycles. The van der Waals surface area contributed by atoms with Crippen molar-refractivity contribution in [3.63, 3.8) is 0 Å². The number of benzene rings is 3. The van der Waals surface area contributed by atoms with E-state index in [0.717, 1.165) is 70.6 Å². The number of rotatable bonds is 17. The summed E-state index contributed by atoms with van der Waals surface area (Å²) in [7, 11) is 0. The summed E-state index contributed by atoms with van der Waals surface area (Å²) >= 11 is 6.76. The molecule has 272 valence electrons. The number of aliphatic carboxylic acids is 1. The van der Waals surface area contributed by atoms with Gasteiger partial charge in [-0.25, -0.2) is 5.84 Å². The van der Waals surface area contributed by atoms with Gasteiger partial charge in [-0.05, 0) is 92.2 Å². The highest BCUT2D eigenvalue weighted by molar-refractivity contribution is 6.32. The maximum absolute atomic E-state index is 10.9. The number of hydrogen-bond donors (Lipinski definition) is 5. The number of nitrogens with one attached hydrogen (secondary N) is 2. The monoisotopic (exact) mass is 723 g/mol. The number of hydrazine groups is 1. The Labute approximate surface area is 310 Å². The van der Waals surface area contributed by atoms with Crippen LogP contribution >= 0.6 is 11.6 Å². The van der Waals surface area contributed by atoms with Gasteiger partial charge < -0.3 is 36.0 Å². The SMILES string of the molecule is Cc1c(COc2cc(OCc3cncc(C#N)c3)c(CNCCCC(=O)O)cc2Cl)cccc1-c1cccc(/C(N)=C/N(N)CC2CCNC2)c1C. The molecule has 0 radical (unpaired) electrons. The molecule has 0 bridgehead atoms. The smallest absolute Gasteiger partial charge is 0.303 e. The Morgan fingerprint density at radius 2 is 1.87 bits per heavy atom. The van der Waals surface area contributed by atoms with Crippen molar-refractivity contribution in [1.82, 2.24) is 20.6 Å². The maximum Gasteiger partial charge on any atom is 0.303 e. The standard InChI is InChI=1S/C40H46ClN7O4/c1-26-31(6-3-7-33(26)34-8-4-9-35(27(34)2)37(43)23-48(44)22-28-11-13-46-18-28)25-52-39-16-38(51-24-30-14-29(17-42)19-47-20-30)32(15-36(39)41)21-45-12-5-10-40(49)50/h3-4,6-9,14-16,19-20,23,28,45-46H,5,10-13,18,21-22,24-25,43-44H2,1-2H3,(H,49,50)/b37-23-. The molecule has 11 nitrogen and oxygen atoms in total. The van der Waals surface area contributed by atoms with Crippen LogP contribution in [0.5, 0.6) is 11.5 Å². The Morgan fingerprint density at radius 3 is 2.62 bits per heavy atom. The van der Waals surface area contributed by atoms with Gasteiger partial charge in [0.2, 0.25) is 0 Å². The predicted octanol–water partition coefficient (Wildman–Crippen LogP) is 6.05. The van der Waals surface area contributed by atoms with Crippen LogP contribution in [0.4, 0.5) is 0 Å². The van der Waals surface area contributed by atoms with Crippen LogP contribution in [0.25, 0.3) is 16.8 Å². The number of halogens is 1. The Kier molecular flexibility index (Phi) is 13.5. The number of nitrogens with zero attached hydrogens (tertiary/aromatic N) is 3. The number of pyridine rings is 1. The molecule has 2 heterocycles. The van der Waals surface area contributed by atoms with E-state index in [-0.39, 0.29) is 19.6 Å². The minimum Gasteiger partial charge on any atom is -0.488 e. The normalized spacial score (nSPS) is 14.2. The van der Waals surface area contributed by atoms with E-state index in [1.165, 1.54) is 6.20 Å². The zero-order valence-electron chi connectivity index (χ0n) is 29.6. The third-order valence-electron chi connectivity index (χ3n) is 9.19. The number of carbonyl (C=O) groups is 1. The van der Waals surface area contributed by atoms with E-state index in [2.05, 4.69) is 47.7 Å². The lowest BCUT2D eigenvalue weighted by Gasteiger charge is -2.20. The molecule has 1 unspecified atom stereocenters. The molecule has 0 saturated carbocycles. The topological polar surface area (TPSA) is 172 Å². The quantitative estimate of drug-likeness (QED) is 0.0488. The third-order valence-corrected chi connectivity index (χ3v) is 9.49. The molecule has 12 heteroatoms. The maximum atomic E-state index is 10.9. The molecule has 0 aliphatic carbocycles. The van der Waals surface area contributed by atoms with Crippen LogP contribution in [0.3, 0.4) is 0 Å². The van der Waals surface area contributed by atoms with Gasteiger partial charge in [0, 0.05) is 60.9 Å². The Morgan fingerprint density at radius 1 is 1.10 bits per heavy atom. The first kappa shape index (κ1) is 38.1. The largest absolute Gasteiger partial charge is 0.488 e. The minimum atomic E-state index is -0.836. The van der Waals surface area contributed by atoms with Crippen molar-refractivity contribution in [2.75, 3.05) is 26.2 Å². The number of carboxylic acids is 1. The van der Waals surface area contributed by atoms with Crippen LogP contribution in [0.2, 0.25) is 5.02 Å². The zero-order valence-corrected chi connectivity index (χ0v) is 30.4. The second kappa shape index (κ2) is 18.4. The Bertz CT molecular complexity index is 1940. The lowest BCUT2D eigenvalue weighted by atomic mass is 9.91. The van der Waals surface area contributed by atoms with E-state index < -0.39 is 5.97 Å². The van der Waals surface area contributed by atoms with Crippen molar-refractivity contribution in [1.29, 1.82) is 5.26 Å². The van der Waals surface area contributed by atoms with Gasteiger partial charge in [0.25, 0.3) is 0 Å². The van der Waals surface area contributed by atoms with Gasteiger partial charge in [-0.1, -0.05) is 48.0 Å². The average molecular weight is 724 g/mol. The van der Waals surface area contributed by atoms with Gasteiger partial charge in [0.05, 0.1) is 16.3 Å². The highest BCUT2D eigenvalue weighted by Crippen LogP contribution is 2.36. The summed E-state index contributed by atoms with van der Waals surface area (Å²) in [4.78, 5) is 15.0. The van der Waals surface area contributed by atoms with E-state index >= 15 is 0 Å². The van der Waals surface area contributed by atoms with Crippen LogP contribution in [0, 0.1) is 31.1 Å². The molecule has 1 aromatic heterocycles. The predicted molar refractivity (Wildman–Crippen MR) is 203 cm³/mol. The fraction of sp³-hybridized carbons (Fsp3) is 0.325. The Hall–Kier alpha value is -5.12. The van der Waals surface area contributed by atoms with E-state index in [1.54, 1.807) is 29.4 Å². The first-order chi connectivity index (χ1) is 25.1. The number of nitriles is 1. The number of hydrogen-bond acceptors (Lipinski definition) is 10. The summed E-state index contributed by atoms with van der Waals surface area (Å²) in [6, 6.07) is 19.7. The molecule has 5 rings (SSSR count). The summed E-state index contributed by atoms with van der Waals surface area (Å²) in [5.41, 5.74) is 15.4. The number of ether oxygens (including phenoxy) is 2. The van der Waals surface area contributed by atoms with Crippen LogP contribution in [0.1, 0.15) is 58.2 Å². The zero-order chi connectivity index (χ0) is 37.0. The van der Waals surface area contributed by atoms with Crippen LogP contribution in [-0.2, 0) is 24.6 Å². The van der Waals surface area contributed by atoms with Gasteiger partial charge in [-0.2, -0.15) is 5.26 Å². The first-order valence-corrected chi connectivity index (χ1v) is 17.7. The number of carboxylic acid groups (broad SMARTS) is 1. The summed E-state index contributed by atoms with van der Waals surface area (Å²) in [5.74, 6) is 7.00. The lowest BCUT2D eigenvalue weighted by Crippen LogP contribution is -2.32. The second-order valence-corrected chi connectivity index (χ2v) is 13.5. The highest BCUT2D eigenvalue weighted by atomic mass is 35.5. The Balaban J connectivity index is 1.33. The van der Waals surface area contributed by atoms with Gasteiger partial charge in [0.15, 0.2) is 0 Å². The average Bonchev–Trinajstić information content (AvgIpc) is 3.64. The molecular formula is C40H46ClN7O4. The van der Waals surface area contributed by atoms with Crippen LogP contribution in [0.15, 0.2) is 73.2 Å². The molecule has 0 spiro atoms. The molecule has 52 heavy (non-hydrogen) atoms. The van der Waals surface area contributed by atoms with Crippen molar-refractivity contribution < 1.29 is 19.4 Å². The molecule has 0 amide bonds. The summed E-state index contributed by atoms with van der Waals surface area (Å²) < 4.78 is 12.5. The van der Waals surface area contributed by atoms with Crippen molar-refractivity contribution in [3.05, 3.63) is 117 Å². The van der Waals surface area contributed by atoms with Crippen molar-refractivity contribution >= 4 is 23.3 Å². The summed E-state index contributed by atoms with van der Waals surface area (Å²) in [6.07, 6.45) is 6.64. The fourth-order valence-electron chi connectivity index (χ4n) is 6.33. The van der Waals surface area contributed by atoms with Crippen molar-refractivity contribution in [2.24, 2.45) is 17.5 Å².